The summed E-state index contributed by atoms with van der Waals surface area (Å²) in [5.41, 5.74) is 3.71. The second-order valence-electron chi connectivity index (χ2n) is 8.25. The highest BCUT2D eigenvalue weighted by atomic mass is 16.2. The number of aryl methyl sites for hydroxylation is 2. The van der Waals surface area contributed by atoms with Gasteiger partial charge in [0.25, 0.3) is 0 Å². The van der Waals surface area contributed by atoms with Gasteiger partial charge in [-0.15, -0.1) is 0 Å². The van der Waals surface area contributed by atoms with Crippen LogP contribution >= 0.6 is 0 Å². The topological polar surface area (TPSA) is 39.7 Å². The lowest BCUT2D eigenvalue weighted by Gasteiger charge is -2.49. The van der Waals surface area contributed by atoms with E-state index in [0.29, 0.717) is 12.3 Å². The van der Waals surface area contributed by atoms with Crippen molar-refractivity contribution in [2.24, 2.45) is 5.41 Å². The molecule has 138 valence electrons. The molecule has 0 bridgehead atoms. The minimum atomic E-state index is 0.254. The van der Waals surface area contributed by atoms with Crippen molar-refractivity contribution in [2.45, 2.75) is 39.5 Å². The molecule has 0 unspecified atom stereocenters. The number of hydrogen-bond acceptors (Lipinski definition) is 4. The first-order chi connectivity index (χ1) is 11.9. The number of anilines is 1. The molecule has 0 saturated carbocycles. The smallest absolute Gasteiger partial charge is 0.222 e. The molecule has 1 atom stereocenters. The zero-order valence-corrected chi connectivity index (χ0v) is 16.2. The Kier molecular flexibility index (Phi) is 5.32. The fraction of sp³-hybridized carbons (Fsp3) is 0.700. The molecule has 2 fully saturated rings. The maximum atomic E-state index is 12.4. The SMILES string of the molecule is Cc1cc(N2CCC[C@@]3(CCC(=O)N(CCN(C)C)C3)C2)cc(C)n1. The molecule has 0 aliphatic carbocycles. The number of aromatic nitrogens is 1. The number of carbonyl (C=O) groups excluding carboxylic acids is 1. The normalized spacial score (nSPS) is 24.4. The standard InChI is InChI=1S/C20H32N4O/c1-16-12-18(13-17(2)21-16)23-9-5-7-20(14-23)8-6-19(25)24(15-20)11-10-22(3)4/h12-13H,5-11,14-15H2,1-4H3/t20-/m1/s1. The van der Waals surface area contributed by atoms with Gasteiger partial charge in [0.05, 0.1) is 0 Å². The van der Waals surface area contributed by atoms with Gasteiger partial charge >= 0.3 is 0 Å². The van der Waals surface area contributed by atoms with E-state index in [0.717, 1.165) is 50.5 Å². The molecule has 2 aliphatic heterocycles. The molecule has 3 rings (SSSR count). The summed E-state index contributed by atoms with van der Waals surface area (Å²) in [5, 5.41) is 0. The Hall–Kier alpha value is -1.62. The van der Waals surface area contributed by atoms with E-state index in [9.17, 15) is 4.79 Å². The first-order valence-electron chi connectivity index (χ1n) is 9.50. The highest BCUT2D eigenvalue weighted by Crippen LogP contribution is 2.40. The molecule has 0 aromatic carbocycles. The number of amides is 1. The summed E-state index contributed by atoms with van der Waals surface area (Å²) >= 11 is 0. The number of pyridine rings is 1. The maximum absolute atomic E-state index is 12.4. The number of rotatable bonds is 4. The Morgan fingerprint density at radius 1 is 1.16 bits per heavy atom. The van der Waals surface area contributed by atoms with Gasteiger partial charge in [-0.2, -0.15) is 0 Å². The molecular formula is C20H32N4O. The second kappa shape index (κ2) is 7.32. The lowest BCUT2D eigenvalue weighted by molar-refractivity contribution is -0.138. The zero-order valence-electron chi connectivity index (χ0n) is 16.2. The molecule has 0 N–H and O–H groups in total. The van der Waals surface area contributed by atoms with Gasteiger partial charge in [0.2, 0.25) is 5.91 Å². The van der Waals surface area contributed by atoms with Crippen LogP contribution in [0.2, 0.25) is 0 Å². The third kappa shape index (κ3) is 4.32. The molecule has 1 amide bonds. The monoisotopic (exact) mass is 344 g/mol. The number of carbonyl (C=O) groups is 1. The van der Waals surface area contributed by atoms with Crippen molar-refractivity contribution in [3.8, 4) is 0 Å². The quantitative estimate of drug-likeness (QED) is 0.841. The number of likely N-dealkylation sites (N-methyl/N-ethyl adjacent to an activating group) is 1. The molecule has 1 aromatic heterocycles. The Morgan fingerprint density at radius 2 is 1.88 bits per heavy atom. The molecule has 5 heteroatoms. The fourth-order valence-electron chi connectivity index (χ4n) is 4.38. The first kappa shape index (κ1) is 18.2. The molecule has 3 heterocycles. The highest BCUT2D eigenvalue weighted by molar-refractivity contribution is 5.77. The van der Waals surface area contributed by atoms with Crippen LogP contribution in [0.5, 0.6) is 0 Å². The minimum Gasteiger partial charge on any atom is -0.371 e. The predicted octanol–water partition coefficient (Wildman–Crippen LogP) is 2.47. The van der Waals surface area contributed by atoms with E-state index in [2.05, 4.69) is 59.8 Å². The summed E-state index contributed by atoms with van der Waals surface area (Å²) < 4.78 is 0. The first-order valence-corrected chi connectivity index (χ1v) is 9.50. The van der Waals surface area contributed by atoms with Crippen molar-refractivity contribution in [1.82, 2.24) is 14.8 Å². The van der Waals surface area contributed by atoms with Gasteiger partial charge in [-0.05, 0) is 59.3 Å². The van der Waals surface area contributed by atoms with Crippen LogP contribution in [0.25, 0.3) is 0 Å². The van der Waals surface area contributed by atoms with E-state index < -0.39 is 0 Å². The van der Waals surface area contributed by atoms with Crippen LogP contribution in [0.1, 0.15) is 37.1 Å². The number of hydrogen-bond donors (Lipinski definition) is 0. The van der Waals surface area contributed by atoms with Crippen molar-refractivity contribution in [2.75, 3.05) is 51.7 Å². The van der Waals surface area contributed by atoms with E-state index >= 15 is 0 Å². The predicted molar refractivity (Wildman–Crippen MR) is 102 cm³/mol. The van der Waals surface area contributed by atoms with Crippen molar-refractivity contribution in [1.29, 1.82) is 0 Å². The van der Waals surface area contributed by atoms with Crippen LogP contribution in [-0.2, 0) is 4.79 Å². The molecule has 1 aromatic rings. The number of likely N-dealkylation sites (tertiary alicyclic amines) is 1. The Balaban J connectivity index is 1.73. The third-order valence-corrected chi connectivity index (χ3v) is 5.66. The van der Waals surface area contributed by atoms with Crippen LogP contribution < -0.4 is 4.90 Å². The minimum absolute atomic E-state index is 0.254. The summed E-state index contributed by atoms with van der Waals surface area (Å²) in [7, 11) is 4.14. The van der Waals surface area contributed by atoms with Crippen molar-refractivity contribution in [3.05, 3.63) is 23.5 Å². The number of piperidine rings is 2. The van der Waals surface area contributed by atoms with Gasteiger partial charge in [-0.1, -0.05) is 0 Å². The molecular weight excluding hydrogens is 312 g/mol. The van der Waals surface area contributed by atoms with Gasteiger partial charge in [0.1, 0.15) is 0 Å². The molecule has 1 spiro atoms. The van der Waals surface area contributed by atoms with E-state index in [4.69, 9.17) is 0 Å². The van der Waals surface area contributed by atoms with Crippen LogP contribution in [0, 0.1) is 19.3 Å². The average Bonchev–Trinajstić information content (AvgIpc) is 2.55. The van der Waals surface area contributed by atoms with Crippen LogP contribution in [0.4, 0.5) is 5.69 Å². The summed E-state index contributed by atoms with van der Waals surface area (Å²) in [6, 6.07) is 4.40. The average molecular weight is 345 g/mol. The Morgan fingerprint density at radius 3 is 2.56 bits per heavy atom. The van der Waals surface area contributed by atoms with Crippen molar-refractivity contribution in [3.63, 3.8) is 0 Å². The van der Waals surface area contributed by atoms with Gasteiger partial charge in [-0.25, -0.2) is 0 Å². The van der Waals surface area contributed by atoms with Crippen LogP contribution in [-0.4, -0.2) is 67.5 Å². The third-order valence-electron chi connectivity index (χ3n) is 5.66. The van der Waals surface area contributed by atoms with E-state index in [1.54, 1.807) is 0 Å². The largest absolute Gasteiger partial charge is 0.371 e. The highest BCUT2D eigenvalue weighted by Gasteiger charge is 2.41. The zero-order chi connectivity index (χ0) is 18.0. The lowest BCUT2D eigenvalue weighted by atomic mass is 9.73. The van der Waals surface area contributed by atoms with E-state index in [1.807, 2.05) is 0 Å². The Labute approximate surface area is 152 Å². The van der Waals surface area contributed by atoms with Crippen molar-refractivity contribution < 1.29 is 4.79 Å². The van der Waals surface area contributed by atoms with Gasteiger partial charge in [0.15, 0.2) is 0 Å². The lowest BCUT2D eigenvalue weighted by Crippen LogP contribution is -2.55. The molecule has 5 nitrogen and oxygen atoms in total. The van der Waals surface area contributed by atoms with E-state index in [-0.39, 0.29) is 5.41 Å². The van der Waals surface area contributed by atoms with Gasteiger partial charge in [0, 0.05) is 61.6 Å². The molecule has 2 saturated heterocycles. The fourth-order valence-corrected chi connectivity index (χ4v) is 4.38. The summed E-state index contributed by atoms with van der Waals surface area (Å²) in [6.07, 6.45) is 4.17. The molecule has 25 heavy (non-hydrogen) atoms. The summed E-state index contributed by atoms with van der Waals surface area (Å²) in [6.45, 7) is 9.00. The number of nitrogens with zero attached hydrogens (tertiary/aromatic N) is 4. The maximum Gasteiger partial charge on any atom is 0.222 e. The van der Waals surface area contributed by atoms with Crippen LogP contribution in [0.3, 0.4) is 0 Å². The summed E-state index contributed by atoms with van der Waals surface area (Å²) in [4.78, 5) is 23.7. The van der Waals surface area contributed by atoms with Crippen LogP contribution in [0.15, 0.2) is 12.1 Å². The van der Waals surface area contributed by atoms with E-state index in [1.165, 1.54) is 18.5 Å². The second-order valence-corrected chi connectivity index (χ2v) is 8.25. The summed E-state index contributed by atoms with van der Waals surface area (Å²) in [5.74, 6) is 0.334. The van der Waals surface area contributed by atoms with Gasteiger partial charge < -0.3 is 14.7 Å². The molecule has 2 aliphatic rings. The van der Waals surface area contributed by atoms with Crippen molar-refractivity contribution >= 4 is 11.6 Å². The molecule has 0 radical (unpaired) electrons. The Bertz CT molecular complexity index is 610. The van der Waals surface area contributed by atoms with Gasteiger partial charge in [-0.3, -0.25) is 9.78 Å².